The Bertz CT molecular complexity index is 835. The van der Waals surface area contributed by atoms with Gasteiger partial charge in [0.25, 0.3) is 5.91 Å². The van der Waals surface area contributed by atoms with Gasteiger partial charge in [-0.3, -0.25) is 9.78 Å². The fourth-order valence-electron chi connectivity index (χ4n) is 2.56. The maximum Gasteiger partial charge on any atom is 0.272 e. The Morgan fingerprint density at radius 3 is 2.42 bits per heavy atom. The van der Waals surface area contributed by atoms with Gasteiger partial charge in [-0.15, -0.1) is 0 Å². The summed E-state index contributed by atoms with van der Waals surface area (Å²) >= 11 is 5.88. The molecule has 1 aliphatic heterocycles. The van der Waals surface area contributed by atoms with Crippen molar-refractivity contribution in [3.63, 3.8) is 0 Å². The zero-order chi connectivity index (χ0) is 17.2. The van der Waals surface area contributed by atoms with Gasteiger partial charge in [0.15, 0.2) is 0 Å². The zero-order valence-corrected chi connectivity index (χ0v) is 14.4. The van der Waals surface area contributed by atoms with Crippen molar-refractivity contribution in [3.05, 3.63) is 59.4 Å². The molecule has 2 aromatic rings. The largest absolute Gasteiger partial charge is 0.335 e. The Labute approximate surface area is 145 Å². The van der Waals surface area contributed by atoms with E-state index in [0.29, 0.717) is 23.8 Å². The third-order valence-electron chi connectivity index (χ3n) is 3.84. The molecule has 0 aliphatic carbocycles. The molecule has 1 aromatic heterocycles. The molecular formula is C16H16ClN3O3S. The van der Waals surface area contributed by atoms with Crippen LogP contribution in [0.4, 0.5) is 0 Å². The van der Waals surface area contributed by atoms with Crippen molar-refractivity contribution < 1.29 is 13.2 Å². The summed E-state index contributed by atoms with van der Waals surface area (Å²) in [4.78, 5) is 18.2. The smallest absolute Gasteiger partial charge is 0.272 e. The molecule has 1 amide bonds. The monoisotopic (exact) mass is 365 g/mol. The van der Waals surface area contributed by atoms with Crippen LogP contribution in [-0.4, -0.2) is 54.7 Å². The number of halogens is 1. The first-order valence-corrected chi connectivity index (χ1v) is 9.26. The Hall–Kier alpha value is -1.96. The van der Waals surface area contributed by atoms with Crippen LogP contribution < -0.4 is 0 Å². The lowest BCUT2D eigenvalue weighted by Gasteiger charge is -2.33. The lowest BCUT2D eigenvalue weighted by atomic mass is 10.3. The number of benzene rings is 1. The summed E-state index contributed by atoms with van der Waals surface area (Å²) in [5.41, 5.74) is 0.364. The van der Waals surface area contributed by atoms with Gasteiger partial charge >= 0.3 is 0 Å². The lowest BCUT2D eigenvalue weighted by molar-refractivity contribution is 0.0692. The average Bonchev–Trinajstić information content (AvgIpc) is 2.62. The minimum atomic E-state index is -3.60. The molecular weight excluding hydrogens is 350 g/mol. The van der Waals surface area contributed by atoms with Crippen LogP contribution >= 0.6 is 11.6 Å². The van der Waals surface area contributed by atoms with E-state index in [2.05, 4.69) is 4.98 Å². The van der Waals surface area contributed by atoms with Gasteiger partial charge in [-0.25, -0.2) is 8.42 Å². The fraction of sp³-hybridized carbons (Fsp3) is 0.250. The molecule has 0 saturated carbocycles. The Morgan fingerprint density at radius 2 is 1.79 bits per heavy atom. The van der Waals surface area contributed by atoms with Crippen LogP contribution in [0, 0.1) is 0 Å². The summed E-state index contributed by atoms with van der Waals surface area (Å²) in [6.45, 7) is 1.14. The standard InChI is InChI=1S/C16H16ClN3O3S/c17-13-4-3-5-14(12-13)24(22,23)20-10-8-19(9-11-20)16(21)15-6-1-2-7-18-15/h1-7,12H,8-11H2. The van der Waals surface area contributed by atoms with Crippen molar-refractivity contribution in [2.75, 3.05) is 26.2 Å². The molecule has 1 aliphatic rings. The Morgan fingerprint density at radius 1 is 1.04 bits per heavy atom. The second-order valence-corrected chi connectivity index (χ2v) is 7.74. The van der Waals surface area contributed by atoms with Crippen molar-refractivity contribution in [2.45, 2.75) is 4.90 Å². The van der Waals surface area contributed by atoms with E-state index in [1.807, 2.05) is 0 Å². The van der Waals surface area contributed by atoms with Crippen LogP contribution in [0.2, 0.25) is 5.02 Å². The second-order valence-electron chi connectivity index (χ2n) is 5.37. The van der Waals surface area contributed by atoms with E-state index in [1.165, 1.54) is 16.4 Å². The van der Waals surface area contributed by atoms with E-state index >= 15 is 0 Å². The first-order chi connectivity index (χ1) is 11.5. The minimum absolute atomic E-state index is 0.166. The van der Waals surface area contributed by atoms with E-state index in [9.17, 15) is 13.2 Å². The molecule has 2 heterocycles. The number of rotatable bonds is 3. The molecule has 0 radical (unpaired) electrons. The average molecular weight is 366 g/mol. The van der Waals surface area contributed by atoms with Crippen molar-refractivity contribution in [2.24, 2.45) is 0 Å². The van der Waals surface area contributed by atoms with Crippen molar-refractivity contribution in [1.82, 2.24) is 14.2 Å². The molecule has 1 saturated heterocycles. The molecule has 0 N–H and O–H groups in total. The van der Waals surface area contributed by atoms with E-state index in [-0.39, 0.29) is 23.9 Å². The molecule has 24 heavy (non-hydrogen) atoms. The fourth-order valence-corrected chi connectivity index (χ4v) is 4.28. The van der Waals surface area contributed by atoms with Gasteiger partial charge in [0.1, 0.15) is 5.69 Å². The van der Waals surface area contributed by atoms with Gasteiger partial charge in [-0.05, 0) is 30.3 Å². The highest BCUT2D eigenvalue weighted by atomic mass is 35.5. The predicted octanol–water partition coefficient (Wildman–Crippen LogP) is 1.88. The molecule has 0 unspecified atom stereocenters. The number of hydrogen-bond acceptors (Lipinski definition) is 4. The van der Waals surface area contributed by atoms with Crippen LogP contribution in [-0.2, 0) is 10.0 Å². The predicted molar refractivity (Wildman–Crippen MR) is 90.4 cm³/mol. The van der Waals surface area contributed by atoms with E-state index in [1.54, 1.807) is 41.4 Å². The minimum Gasteiger partial charge on any atom is -0.335 e. The topological polar surface area (TPSA) is 70.6 Å². The van der Waals surface area contributed by atoms with Crippen molar-refractivity contribution in [1.29, 1.82) is 0 Å². The van der Waals surface area contributed by atoms with Gasteiger partial charge in [-0.1, -0.05) is 23.7 Å². The quantitative estimate of drug-likeness (QED) is 0.832. The maximum atomic E-state index is 12.6. The summed E-state index contributed by atoms with van der Waals surface area (Å²) in [6, 6.07) is 11.3. The SMILES string of the molecule is O=C(c1ccccn1)N1CCN(S(=O)(=O)c2cccc(Cl)c2)CC1. The van der Waals surface area contributed by atoms with Gasteiger partial charge < -0.3 is 4.90 Å². The molecule has 0 bridgehead atoms. The number of carbonyl (C=O) groups is 1. The van der Waals surface area contributed by atoms with E-state index < -0.39 is 10.0 Å². The second kappa shape index (κ2) is 6.88. The number of carbonyl (C=O) groups excluding carboxylic acids is 1. The van der Waals surface area contributed by atoms with Crippen LogP contribution in [0.1, 0.15) is 10.5 Å². The summed E-state index contributed by atoms with van der Waals surface area (Å²) in [6.07, 6.45) is 1.56. The summed E-state index contributed by atoms with van der Waals surface area (Å²) < 4.78 is 26.7. The van der Waals surface area contributed by atoms with Crippen LogP contribution in [0.15, 0.2) is 53.6 Å². The molecule has 0 atom stereocenters. The molecule has 1 fully saturated rings. The Balaban J connectivity index is 1.70. The molecule has 0 spiro atoms. The number of amides is 1. The van der Waals surface area contributed by atoms with Crippen LogP contribution in [0.25, 0.3) is 0 Å². The third-order valence-corrected chi connectivity index (χ3v) is 5.97. The maximum absolute atomic E-state index is 12.6. The number of sulfonamides is 1. The summed E-state index contributed by atoms with van der Waals surface area (Å²) in [5.74, 6) is -0.185. The van der Waals surface area contributed by atoms with E-state index in [4.69, 9.17) is 11.6 Å². The number of aromatic nitrogens is 1. The zero-order valence-electron chi connectivity index (χ0n) is 12.8. The van der Waals surface area contributed by atoms with Gasteiger partial charge in [0.2, 0.25) is 10.0 Å². The normalized spacial score (nSPS) is 16.1. The van der Waals surface area contributed by atoms with Crippen molar-refractivity contribution in [3.8, 4) is 0 Å². The highest BCUT2D eigenvalue weighted by molar-refractivity contribution is 7.89. The van der Waals surface area contributed by atoms with Crippen LogP contribution in [0.3, 0.4) is 0 Å². The van der Waals surface area contributed by atoms with E-state index in [0.717, 1.165) is 0 Å². The molecule has 6 nitrogen and oxygen atoms in total. The summed E-state index contributed by atoms with van der Waals surface area (Å²) in [5, 5.41) is 0.375. The molecule has 3 rings (SSSR count). The summed E-state index contributed by atoms with van der Waals surface area (Å²) in [7, 11) is -3.60. The first-order valence-electron chi connectivity index (χ1n) is 7.44. The van der Waals surface area contributed by atoms with Gasteiger partial charge in [0, 0.05) is 37.4 Å². The van der Waals surface area contributed by atoms with Crippen LogP contribution in [0.5, 0.6) is 0 Å². The first kappa shape index (κ1) is 16.9. The molecule has 8 heteroatoms. The Kier molecular flexibility index (Phi) is 4.84. The number of hydrogen-bond donors (Lipinski definition) is 0. The number of pyridine rings is 1. The highest BCUT2D eigenvalue weighted by Crippen LogP contribution is 2.21. The third kappa shape index (κ3) is 3.43. The number of nitrogens with zero attached hydrogens (tertiary/aromatic N) is 3. The molecule has 1 aromatic carbocycles. The lowest BCUT2D eigenvalue weighted by Crippen LogP contribution is -2.50. The highest BCUT2D eigenvalue weighted by Gasteiger charge is 2.30. The van der Waals surface area contributed by atoms with Gasteiger partial charge in [-0.2, -0.15) is 4.31 Å². The van der Waals surface area contributed by atoms with Gasteiger partial charge in [0.05, 0.1) is 4.90 Å². The molecule has 126 valence electrons. The van der Waals surface area contributed by atoms with Crippen molar-refractivity contribution >= 4 is 27.5 Å². The number of piperazine rings is 1.